The number of rotatable bonds is 2. The topological polar surface area (TPSA) is 29.3 Å². The molecule has 2 nitrogen and oxygen atoms in total. The third-order valence-corrected chi connectivity index (χ3v) is 3.05. The van der Waals surface area contributed by atoms with Gasteiger partial charge in [-0.3, -0.25) is 0 Å². The van der Waals surface area contributed by atoms with E-state index in [9.17, 15) is 0 Å². The summed E-state index contributed by atoms with van der Waals surface area (Å²) in [6.45, 7) is 4.12. The monoisotopic (exact) mass is 226 g/mol. The Labute approximate surface area is 103 Å². The molecule has 0 bridgehead atoms. The molecule has 0 spiro atoms. The van der Waals surface area contributed by atoms with Crippen molar-refractivity contribution in [2.75, 3.05) is 17.7 Å². The van der Waals surface area contributed by atoms with Gasteiger partial charge < -0.3 is 10.6 Å². The molecule has 0 aliphatic heterocycles. The summed E-state index contributed by atoms with van der Waals surface area (Å²) in [5.41, 5.74) is 11.5. The summed E-state index contributed by atoms with van der Waals surface area (Å²) in [7, 11) is 2.04. The van der Waals surface area contributed by atoms with Gasteiger partial charge in [0.2, 0.25) is 0 Å². The summed E-state index contributed by atoms with van der Waals surface area (Å²) in [6.07, 6.45) is 0. The van der Waals surface area contributed by atoms with Gasteiger partial charge in [-0.15, -0.1) is 0 Å². The molecular formula is C15H18N2. The van der Waals surface area contributed by atoms with Crippen LogP contribution in [0.5, 0.6) is 0 Å². The second-order valence-corrected chi connectivity index (χ2v) is 4.41. The Morgan fingerprint density at radius 1 is 1.00 bits per heavy atom. The van der Waals surface area contributed by atoms with Crippen LogP contribution in [0.4, 0.5) is 17.1 Å². The van der Waals surface area contributed by atoms with E-state index in [4.69, 9.17) is 5.73 Å². The molecule has 0 atom stereocenters. The Morgan fingerprint density at radius 3 is 2.41 bits per heavy atom. The number of nitrogen functional groups attached to an aromatic ring is 1. The maximum absolute atomic E-state index is 6.12. The van der Waals surface area contributed by atoms with Crippen LogP contribution in [-0.2, 0) is 0 Å². The molecule has 2 N–H and O–H groups in total. The second kappa shape index (κ2) is 4.50. The molecule has 88 valence electrons. The van der Waals surface area contributed by atoms with Crippen molar-refractivity contribution in [1.82, 2.24) is 0 Å². The predicted octanol–water partition coefficient (Wildman–Crippen LogP) is 3.65. The molecule has 0 saturated carbocycles. The molecule has 17 heavy (non-hydrogen) atoms. The largest absolute Gasteiger partial charge is 0.397 e. The summed E-state index contributed by atoms with van der Waals surface area (Å²) in [4.78, 5) is 2.12. The maximum atomic E-state index is 6.12. The van der Waals surface area contributed by atoms with Gasteiger partial charge in [-0.05, 0) is 43.2 Å². The molecule has 0 amide bonds. The third kappa shape index (κ3) is 2.26. The lowest BCUT2D eigenvalue weighted by Crippen LogP contribution is -2.12. The Bertz CT molecular complexity index is 532. The highest BCUT2D eigenvalue weighted by molar-refractivity contribution is 5.76. The first-order valence-electron chi connectivity index (χ1n) is 5.75. The Hall–Kier alpha value is -1.96. The van der Waals surface area contributed by atoms with E-state index in [1.54, 1.807) is 0 Å². The van der Waals surface area contributed by atoms with Crippen LogP contribution in [0.25, 0.3) is 0 Å². The van der Waals surface area contributed by atoms with E-state index < -0.39 is 0 Å². The number of aryl methyl sites for hydroxylation is 2. The minimum Gasteiger partial charge on any atom is -0.397 e. The molecule has 0 heterocycles. The van der Waals surface area contributed by atoms with Gasteiger partial charge in [0, 0.05) is 12.7 Å². The van der Waals surface area contributed by atoms with Crippen LogP contribution in [0.1, 0.15) is 11.1 Å². The van der Waals surface area contributed by atoms with E-state index in [2.05, 4.69) is 36.1 Å². The quantitative estimate of drug-likeness (QED) is 0.792. The minimum absolute atomic E-state index is 0.844. The summed E-state index contributed by atoms with van der Waals surface area (Å²) < 4.78 is 0. The second-order valence-electron chi connectivity index (χ2n) is 4.41. The van der Waals surface area contributed by atoms with E-state index >= 15 is 0 Å². The average molecular weight is 226 g/mol. The fraction of sp³-hybridized carbons (Fsp3) is 0.200. The smallest absolute Gasteiger partial charge is 0.0644 e. The zero-order valence-electron chi connectivity index (χ0n) is 10.6. The molecule has 0 aliphatic carbocycles. The van der Waals surface area contributed by atoms with Gasteiger partial charge in [-0.1, -0.05) is 24.3 Å². The Kier molecular flexibility index (Phi) is 3.05. The van der Waals surface area contributed by atoms with Gasteiger partial charge in [0.05, 0.1) is 11.4 Å². The van der Waals surface area contributed by atoms with Gasteiger partial charge in [0.25, 0.3) is 0 Å². The van der Waals surface area contributed by atoms with E-state index in [1.807, 2.05) is 32.2 Å². The van der Waals surface area contributed by atoms with Crippen molar-refractivity contribution in [2.45, 2.75) is 13.8 Å². The number of hydrogen-bond donors (Lipinski definition) is 1. The Balaban J connectivity index is 2.44. The molecule has 0 fully saturated rings. The van der Waals surface area contributed by atoms with Crippen molar-refractivity contribution in [3.8, 4) is 0 Å². The fourth-order valence-corrected chi connectivity index (χ4v) is 1.93. The zero-order chi connectivity index (χ0) is 12.4. The average Bonchev–Trinajstić information content (AvgIpc) is 2.32. The number of nitrogens with two attached hydrogens (primary N) is 1. The number of nitrogens with zero attached hydrogens (tertiary/aromatic N) is 1. The van der Waals surface area contributed by atoms with E-state index in [-0.39, 0.29) is 0 Å². The van der Waals surface area contributed by atoms with E-state index in [1.165, 1.54) is 5.56 Å². The lowest BCUT2D eigenvalue weighted by molar-refractivity contribution is 1.20. The van der Waals surface area contributed by atoms with Crippen molar-refractivity contribution in [3.63, 3.8) is 0 Å². The standard InChI is InChI=1S/C15H18N2/c1-11-6-4-8-13(10-11)17(3)14-9-5-7-12(2)15(14)16/h4-10H,16H2,1-3H3. The normalized spacial score (nSPS) is 10.3. The van der Waals surface area contributed by atoms with Crippen molar-refractivity contribution in [1.29, 1.82) is 0 Å². The van der Waals surface area contributed by atoms with Crippen molar-refractivity contribution in [3.05, 3.63) is 53.6 Å². The first kappa shape index (κ1) is 11.5. The van der Waals surface area contributed by atoms with Crippen molar-refractivity contribution < 1.29 is 0 Å². The summed E-state index contributed by atoms with van der Waals surface area (Å²) in [6, 6.07) is 14.5. The van der Waals surface area contributed by atoms with Crippen molar-refractivity contribution in [2.24, 2.45) is 0 Å². The lowest BCUT2D eigenvalue weighted by Gasteiger charge is -2.22. The summed E-state index contributed by atoms with van der Waals surface area (Å²) in [5, 5.41) is 0. The van der Waals surface area contributed by atoms with Crippen LogP contribution in [0.2, 0.25) is 0 Å². The first-order valence-corrected chi connectivity index (χ1v) is 5.75. The number of hydrogen-bond acceptors (Lipinski definition) is 2. The fourth-order valence-electron chi connectivity index (χ4n) is 1.93. The molecule has 0 aromatic heterocycles. The molecule has 0 unspecified atom stereocenters. The Morgan fingerprint density at radius 2 is 1.71 bits per heavy atom. The van der Waals surface area contributed by atoms with Crippen LogP contribution >= 0.6 is 0 Å². The van der Waals surface area contributed by atoms with Gasteiger partial charge in [-0.25, -0.2) is 0 Å². The number of para-hydroxylation sites is 1. The highest BCUT2D eigenvalue weighted by atomic mass is 15.1. The number of anilines is 3. The van der Waals surface area contributed by atoms with Crippen LogP contribution in [0, 0.1) is 13.8 Å². The zero-order valence-corrected chi connectivity index (χ0v) is 10.6. The molecule has 0 radical (unpaired) electrons. The molecule has 2 heteroatoms. The maximum Gasteiger partial charge on any atom is 0.0644 e. The van der Waals surface area contributed by atoms with Crippen LogP contribution < -0.4 is 10.6 Å². The molecular weight excluding hydrogens is 208 g/mol. The minimum atomic E-state index is 0.844. The van der Waals surface area contributed by atoms with Crippen LogP contribution in [-0.4, -0.2) is 7.05 Å². The van der Waals surface area contributed by atoms with Gasteiger partial charge in [0.15, 0.2) is 0 Å². The highest BCUT2D eigenvalue weighted by Gasteiger charge is 2.08. The lowest BCUT2D eigenvalue weighted by atomic mass is 10.1. The molecule has 0 aliphatic rings. The molecule has 2 aromatic rings. The molecule has 2 rings (SSSR count). The molecule has 0 saturated heterocycles. The van der Waals surface area contributed by atoms with Gasteiger partial charge in [0.1, 0.15) is 0 Å². The third-order valence-electron chi connectivity index (χ3n) is 3.05. The predicted molar refractivity (Wildman–Crippen MR) is 74.8 cm³/mol. The van der Waals surface area contributed by atoms with E-state index in [0.717, 1.165) is 22.6 Å². The van der Waals surface area contributed by atoms with Gasteiger partial charge >= 0.3 is 0 Å². The van der Waals surface area contributed by atoms with Gasteiger partial charge in [-0.2, -0.15) is 0 Å². The van der Waals surface area contributed by atoms with Crippen LogP contribution in [0.3, 0.4) is 0 Å². The van der Waals surface area contributed by atoms with E-state index in [0.29, 0.717) is 0 Å². The first-order chi connectivity index (χ1) is 8.09. The highest BCUT2D eigenvalue weighted by Crippen LogP contribution is 2.30. The number of benzene rings is 2. The summed E-state index contributed by atoms with van der Waals surface area (Å²) in [5.74, 6) is 0. The molecule has 2 aromatic carbocycles. The van der Waals surface area contributed by atoms with Crippen LogP contribution in [0.15, 0.2) is 42.5 Å². The summed E-state index contributed by atoms with van der Waals surface area (Å²) >= 11 is 0. The van der Waals surface area contributed by atoms with Crippen molar-refractivity contribution >= 4 is 17.1 Å². The SMILES string of the molecule is Cc1cccc(N(C)c2cccc(C)c2N)c1.